The zero-order valence-corrected chi connectivity index (χ0v) is 10.3. The van der Waals surface area contributed by atoms with Crippen molar-refractivity contribution in [3.8, 4) is 0 Å². The molecule has 0 spiro atoms. The summed E-state index contributed by atoms with van der Waals surface area (Å²) in [6.45, 7) is 0.991. The van der Waals surface area contributed by atoms with Crippen LogP contribution < -0.4 is 0 Å². The lowest BCUT2D eigenvalue weighted by atomic mass is 10.3. The highest BCUT2D eigenvalue weighted by Crippen LogP contribution is 2.20. The van der Waals surface area contributed by atoms with E-state index in [0.717, 1.165) is 12.1 Å². The van der Waals surface area contributed by atoms with Crippen LogP contribution in [0.15, 0.2) is 29.2 Å². The van der Waals surface area contributed by atoms with Crippen LogP contribution in [0.4, 0.5) is 4.39 Å². The molecule has 6 heteroatoms. The Morgan fingerprint density at radius 2 is 2.00 bits per heavy atom. The van der Waals surface area contributed by atoms with Crippen molar-refractivity contribution in [2.75, 3.05) is 20.3 Å². The van der Waals surface area contributed by atoms with Crippen molar-refractivity contribution >= 4 is 10.0 Å². The first-order valence-corrected chi connectivity index (χ1v) is 6.77. The van der Waals surface area contributed by atoms with Crippen molar-refractivity contribution in [2.45, 2.75) is 17.4 Å². The Hall–Kier alpha value is -0.980. The molecule has 0 aromatic heterocycles. The molecule has 1 atom stereocenters. The number of rotatable bonds is 3. The topological polar surface area (TPSA) is 46.6 Å². The summed E-state index contributed by atoms with van der Waals surface area (Å²) in [6.07, 6.45) is 0.691. The summed E-state index contributed by atoms with van der Waals surface area (Å²) in [5, 5.41) is 0. The fourth-order valence-electron chi connectivity index (χ4n) is 1.78. The normalized spacial score (nSPS) is 21.0. The van der Waals surface area contributed by atoms with Crippen molar-refractivity contribution in [3.63, 3.8) is 0 Å². The second-order valence-electron chi connectivity index (χ2n) is 3.99. The van der Waals surface area contributed by atoms with Crippen LogP contribution in [-0.2, 0) is 14.8 Å². The van der Waals surface area contributed by atoms with Gasteiger partial charge in [0.15, 0.2) is 0 Å². The van der Waals surface area contributed by atoms with Crippen molar-refractivity contribution in [3.05, 3.63) is 30.1 Å². The number of hydrogen-bond acceptors (Lipinski definition) is 3. The SMILES string of the molecule is CN(C1CCOC1)S(=O)(=O)c1ccc(F)cc1. The molecule has 1 saturated heterocycles. The van der Waals surface area contributed by atoms with Gasteiger partial charge in [0, 0.05) is 13.7 Å². The Kier molecular flexibility index (Phi) is 3.46. The molecular formula is C11H14FNO3S. The molecule has 1 aromatic carbocycles. The average Bonchev–Trinajstić information content (AvgIpc) is 2.82. The fourth-order valence-corrected chi connectivity index (χ4v) is 3.15. The van der Waals surface area contributed by atoms with Crippen molar-refractivity contribution in [2.24, 2.45) is 0 Å². The van der Waals surface area contributed by atoms with Crippen LogP contribution >= 0.6 is 0 Å². The quantitative estimate of drug-likeness (QED) is 0.820. The Morgan fingerprint density at radius 3 is 2.53 bits per heavy atom. The highest BCUT2D eigenvalue weighted by Gasteiger charge is 2.30. The van der Waals surface area contributed by atoms with Gasteiger partial charge in [-0.15, -0.1) is 0 Å². The van der Waals surface area contributed by atoms with Gasteiger partial charge in [0.05, 0.1) is 17.5 Å². The molecule has 1 unspecified atom stereocenters. The second kappa shape index (κ2) is 4.72. The van der Waals surface area contributed by atoms with E-state index in [0.29, 0.717) is 19.6 Å². The molecule has 17 heavy (non-hydrogen) atoms. The lowest BCUT2D eigenvalue weighted by molar-refractivity contribution is 0.181. The number of sulfonamides is 1. The van der Waals surface area contributed by atoms with E-state index in [2.05, 4.69) is 0 Å². The predicted molar refractivity (Wildman–Crippen MR) is 60.6 cm³/mol. The van der Waals surface area contributed by atoms with Crippen LogP contribution in [0.1, 0.15) is 6.42 Å². The molecule has 1 aliphatic rings. The Bertz CT molecular complexity index is 480. The van der Waals surface area contributed by atoms with Crippen LogP contribution in [0, 0.1) is 5.82 Å². The van der Waals surface area contributed by atoms with E-state index in [9.17, 15) is 12.8 Å². The summed E-state index contributed by atoms with van der Waals surface area (Å²) in [6, 6.07) is 4.70. The fraction of sp³-hybridized carbons (Fsp3) is 0.455. The first kappa shape index (κ1) is 12.5. The van der Waals surface area contributed by atoms with E-state index in [4.69, 9.17) is 4.74 Å². The highest BCUT2D eigenvalue weighted by atomic mass is 32.2. The average molecular weight is 259 g/mol. The summed E-state index contributed by atoms with van der Waals surface area (Å²) in [5.74, 6) is -0.448. The molecule has 0 radical (unpaired) electrons. The van der Waals surface area contributed by atoms with Crippen LogP contribution in [0.5, 0.6) is 0 Å². The van der Waals surface area contributed by atoms with E-state index in [1.807, 2.05) is 0 Å². The summed E-state index contributed by atoms with van der Waals surface area (Å²) in [7, 11) is -2.03. The van der Waals surface area contributed by atoms with E-state index < -0.39 is 15.8 Å². The van der Waals surface area contributed by atoms with Crippen molar-refractivity contribution in [1.29, 1.82) is 0 Å². The van der Waals surface area contributed by atoms with Crippen LogP contribution in [0.2, 0.25) is 0 Å². The Balaban J connectivity index is 2.26. The minimum Gasteiger partial charge on any atom is -0.380 e. The van der Waals surface area contributed by atoms with Gasteiger partial charge >= 0.3 is 0 Å². The second-order valence-corrected chi connectivity index (χ2v) is 5.99. The molecule has 1 aromatic rings. The number of nitrogens with zero attached hydrogens (tertiary/aromatic N) is 1. The smallest absolute Gasteiger partial charge is 0.243 e. The molecule has 1 aliphatic heterocycles. The molecule has 4 nitrogen and oxygen atoms in total. The van der Waals surface area contributed by atoms with Gasteiger partial charge in [-0.3, -0.25) is 0 Å². The third-order valence-corrected chi connectivity index (χ3v) is 4.83. The third-order valence-electron chi connectivity index (χ3n) is 2.91. The van der Waals surface area contributed by atoms with Crippen molar-refractivity contribution in [1.82, 2.24) is 4.31 Å². The Labute approximate surface area is 100 Å². The van der Waals surface area contributed by atoms with Crippen LogP contribution in [0.25, 0.3) is 0 Å². The van der Waals surface area contributed by atoms with Gasteiger partial charge in [0.1, 0.15) is 5.82 Å². The number of ether oxygens (including phenoxy) is 1. The molecule has 94 valence electrons. The minimum absolute atomic E-state index is 0.105. The van der Waals surface area contributed by atoms with Gasteiger partial charge in [0.2, 0.25) is 10.0 Å². The summed E-state index contributed by atoms with van der Waals surface area (Å²) in [4.78, 5) is 0.105. The maximum Gasteiger partial charge on any atom is 0.243 e. The zero-order valence-electron chi connectivity index (χ0n) is 9.47. The lowest BCUT2D eigenvalue weighted by Crippen LogP contribution is -2.37. The summed E-state index contributed by atoms with van der Waals surface area (Å²) in [5.41, 5.74) is 0. The maximum absolute atomic E-state index is 12.7. The largest absolute Gasteiger partial charge is 0.380 e. The zero-order chi connectivity index (χ0) is 12.5. The predicted octanol–water partition coefficient (Wildman–Crippen LogP) is 1.24. The van der Waals surface area contributed by atoms with E-state index >= 15 is 0 Å². The molecule has 0 N–H and O–H groups in total. The lowest BCUT2D eigenvalue weighted by Gasteiger charge is -2.22. The van der Waals surface area contributed by atoms with Gasteiger partial charge in [-0.05, 0) is 30.7 Å². The number of halogens is 1. The molecule has 1 fully saturated rings. The molecule has 2 rings (SSSR count). The first-order valence-electron chi connectivity index (χ1n) is 5.33. The molecule has 0 aliphatic carbocycles. The number of hydrogen-bond donors (Lipinski definition) is 0. The summed E-state index contributed by atoms with van der Waals surface area (Å²) >= 11 is 0. The van der Waals surface area contributed by atoms with Crippen molar-refractivity contribution < 1.29 is 17.5 Å². The molecule has 0 saturated carbocycles. The van der Waals surface area contributed by atoms with Crippen LogP contribution in [-0.4, -0.2) is 39.0 Å². The number of benzene rings is 1. The number of likely N-dealkylation sites (N-methyl/N-ethyl adjacent to an activating group) is 1. The first-order chi connectivity index (χ1) is 8.01. The molecule has 0 bridgehead atoms. The van der Waals surface area contributed by atoms with Crippen LogP contribution in [0.3, 0.4) is 0 Å². The van der Waals surface area contributed by atoms with Gasteiger partial charge in [0.25, 0.3) is 0 Å². The van der Waals surface area contributed by atoms with Gasteiger partial charge in [-0.1, -0.05) is 0 Å². The van der Waals surface area contributed by atoms with E-state index in [-0.39, 0.29) is 10.9 Å². The van der Waals surface area contributed by atoms with E-state index in [1.165, 1.54) is 23.5 Å². The third kappa shape index (κ3) is 2.48. The highest BCUT2D eigenvalue weighted by molar-refractivity contribution is 7.89. The standard InChI is InChI=1S/C11H14FNO3S/c1-13(10-6-7-16-8-10)17(14,15)11-4-2-9(12)3-5-11/h2-5,10H,6-8H2,1H3. The Morgan fingerprint density at radius 1 is 1.35 bits per heavy atom. The monoisotopic (exact) mass is 259 g/mol. The maximum atomic E-state index is 12.7. The van der Waals surface area contributed by atoms with E-state index in [1.54, 1.807) is 0 Å². The summed E-state index contributed by atoms with van der Waals surface area (Å²) < 4.78 is 43.6. The minimum atomic E-state index is -3.55. The molecule has 0 amide bonds. The molecule has 1 heterocycles. The van der Waals surface area contributed by atoms with Gasteiger partial charge in [-0.25, -0.2) is 12.8 Å². The van der Waals surface area contributed by atoms with Gasteiger partial charge < -0.3 is 4.74 Å². The molecular weight excluding hydrogens is 245 g/mol. The van der Waals surface area contributed by atoms with Gasteiger partial charge in [-0.2, -0.15) is 4.31 Å².